The first kappa shape index (κ1) is 25.0. The second-order valence-electron chi connectivity index (χ2n) is 6.90. The molecule has 0 aliphatic carbocycles. The summed E-state index contributed by atoms with van der Waals surface area (Å²) in [7, 11) is 0. The predicted octanol–water partition coefficient (Wildman–Crippen LogP) is 4.06. The van der Waals surface area contributed by atoms with Gasteiger partial charge in [-0.2, -0.15) is 23.3 Å². The summed E-state index contributed by atoms with van der Waals surface area (Å²) in [6, 6.07) is 1.13. The average molecular weight is 466 g/mol. The molecule has 31 heavy (non-hydrogen) atoms. The summed E-state index contributed by atoms with van der Waals surface area (Å²) in [5.74, 6) is -0.875. The van der Waals surface area contributed by atoms with Crippen LogP contribution in [-0.4, -0.2) is 50.5 Å². The molecular formula is C19H24ClF4N5O2. The maximum atomic E-state index is 14.7. The highest BCUT2D eigenvalue weighted by atomic mass is 35.5. The molecule has 2 rings (SSSR count). The molecule has 2 atom stereocenters. The number of aliphatic hydroxyl groups is 1. The Bertz CT molecular complexity index is 881. The lowest BCUT2D eigenvalue weighted by Gasteiger charge is -2.17. The summed E-state index contributed by atoms with van der Waals surface area (Å²) in [6.45, 7) is 4.27. The lowest BCUT2D eigenvalue weighted by Crippen LogP contribution is -2.40. The molecule has 1 aromatic heterocycles. The minimum atomic E-state index is -4.40. The number of benzene rings is 1. The Morgan fingerprint density at radius 2 is 2.06 bits per heavy atom. The van der Waals surface area contributed by atoms with Crippen LogP contribution in [0.3, 0.4) is 0 Å². The van der Waals surface area contributed by atoms with Gasteiger partial charge in [0.25, 0.3) is 0 Å². The van der Waals surface area contributed by atoms with E-state index in [4.69, 9.17) is 21.4 Å². The van der Waals surface area contributed by atoms with E-state index in [2.05, 4.69) is 20.4 Å². The number of aryl methyl sites for hydroxylation is 1. The van der Waals surface area contributed by atoms with Gasteiger partial charge < -0.3 is 9.84 Å². The van der Waals surface area contributed by atoms with Crippen molar-refractivity contribution in [2.24, 2.45) is 4.99 Å². The van der Waals surface area contributed by atoms with Crippen LogP contribution in [0.15, 0.2) is 23.5 Å². The summed E-state index contributed by atoms with van der Waals surface area (Å²) >= 11 is 6.29. The van der Waals surface area contributed by atoms with Gasteiger partial charge in [-0.3, -0.25) is 5.32 Å². The van der Waals surface area contributed by atoms with Crippen LogP contribution in [0.4, 0.5) is 23.5 Å². The van der Waals surface area contributed by atoms with E-state index in [9.17, 15) is 17.6 Å². The average Bonchev–Trinajstić information content (AvgIpc) is 3.11. The number of hydrogen-bond donors (Lipinski definition) is 2. The minimum Gasteiger partial charge on any atom is -0.493 e. The molecule has 7 nitrogen and oxygen atoms in total. The highest BCUT2D eigenvalue weighted by Crippen LogP contribution is 2.30. The molecule has 2 N–H and O–H groups in total. The molecule has 0 spiro atoms. The summed E-state index contributed by atoms with van der Waals surface area (Å²) in [4.78, 5) is 8.02. The Balaban J connectivity index is 2.17. The number of ether oxygens (including phenoxy) is 1. The number of aliphatic imine (C=N–C) groups is 1. The fourth-order valence-electron chi connectivity index (χ4n) is 2.72. The molecule has 0 amide bonds. The summed E-state index contributed by atoms with van der Waals surface area (Å²) < 4.78 is 59.2. The fraction of sp³-hybridized carbons (Fsp3) is 0.526. The van der Waals surface area contributed by atoms with Gasteiger partial charge in [-0.05, 0) is 25.5 Å². The van der Waals surface area contributed by atoms with Gasteiger partial charge >= 0.3 is 6.18 Å². The van der Waals surface area contributed by atoms with Gasteiger partial charge in [0, 0.05) is 30.6 Å². The van der Waals surface area contributed by atoms with E-state index in [1.165, 1.54) is 6.07 Å². The van der Waals surface area contributed by atoms with E-state index in [0.717, 1.165) is 17.9 Å². The zero-order valence-corrected chi connectivity index (χ0v) is 18.0. The second-order valence-corrected chi connectivity index (χ2v) is 7.29. The number of aromatic nitrogens is 3. The van der Waals surface area contributed by atoms with Crippen molar-refractivity contribution in [1.29, 1.82) is 0 Å². The molecule has 0 radical (unpaired) electrons. The number of hydrogen-bond acceptors (Lipinski definition) is 6. The van der Waals surface area contributed by atoms with Gasteiger partial charge in [0.05, 0.1) is 13.3 Å². The summed E-state index contributed by atoms with van der Waals surface area (Å²) in [5, 5.41) is 14.9. The standard InChI is InChI=1S/C19H24ClF4N5O2/c1-11-7-14(31-6-4-5-30)8-15(21)16(11)12(2)17(20)28-18-25-9-27-29(18)10-26-13(3)19(22,23)24/h7-9,12-13,26,30H,4-6,10H2,1-3H3/t12?,13-/m0/s1. The van der Waals surface area contributed by atoms with Crippen molar-refractivity contribution < 1.29 is 27.4 Å². The first-order valence-electron chi connectivity index (χ1n) is 9.50. The number of alkyl halides is 3. The Hall–Kier alpha value is -2.24. The van der Waals surface area contributed by atoms with Crippen LogP contribution in [0.1, 0.15) is 37.3 Å². The smallest absolute Gasteiger partial charge is 0.403 e. The van der Waals surface area contributed by atoms with Crippen LogP contribution >= 0.6 is 11.6 Å². The van der Waals surface area contributed by atoms with Crippen LogP contribution in [-0.2, 0) is 6.67 Å². The lowest BCUT2D eigenvalue weighted by atomic mass is 9.96. The summed E-state index contributed by atoms with van der Waals surface area (Å²) in [6.07, 6.45) is -2.84. The molecule has 172 valence electrons. The predicted molar refractivity (Wildman–Crippen MR) is 108 cm³/mol. The molecule has 12 heteroatoms. The van der Waals surface area contributed by atoms with Crippen molar-refractivity contribution in [2.45, 2.75) is 52.0 Å². The quantitative estimate of drug-likeness (QED) is 0.314. The first-order chi connectivity index (χ1) is 14.5. The van der Waals surface area contributed by atoms with E-state index < -0.39 is 24.0 Å². The second kappa shape index (κ2) is 10.9. The molecule has 1 aromatic carbocycles. The number of rotatable bonds is 10. The third-order valence-corrected chi connectivity index (χ3v) is 4.92. The van der Waals surface area contributed by atoms with Gasteiger partial charge in [0.2, 0.25) is 5.95 Å². The van der Waals surface area contributed by atoms with Gasteiger partial charge in [0.1, 0.15) is 29.1 Å². The molecule has 0 aliphatic heterocycles. The molecular weight excluding hydrogens is 442 g/mol. The van der Waals surface area contributed by atoms with Crippen LogP contribution in [0.25, 0.3) is 0 Å². The first-order valence-corrected chi connectivity index (χ1v) is 9.88. The van der Waals surface area contributed by atoms with Crippen LogP contribution in [0.5, 0.6) is 5.75 Å². The van der Waals surface area contributed by atoms with Crippen LogP contribution in [0.2, 0.25) is 0 Å². The van der Waals surface area contributed by atoms with E-state index in [0.29, 0.717) is 23.3 Å². The van der Waals surface area contributed by atoms with Crippen molar-refractivity contribution >= 4 is 22.7 Å². The highest BCUT2D eigenvalue weighted by molar-refractivity contribution is 6.66. The molecule has 0 saturated heterocycles. The molecule has 1 unspecified atom stereocenters. The SMILES string of the molecule is Cc1cc(OCCCO)cc(F)c1C(C)C(Cl)=Nc1ncnn1CN[C@@H](C)C(F)(F)F. The topological polar surface area (TPSA) is 84.6 Å². The Morgan fingerprint density at radius 3 is 2.68 bits per heavy atom. The molecule has 1 heterocycles. The fourth-order valence-corrected chi connectivity index (χ4v) is 2.90. The number of nitrogens with one attached hydrogen (secondary N) is 1. The van der Waals surface area contributed by atoms with Gasteiger partial charge in [-0.1, -0.05) is 18.5 Å². The number of nitrogens with zero attached hydrogens (tertiary/aromatic N) is 4. The molecule has 0 saturated carbocycles. The van der Waals surface area contributed by atoms with Crippen molar-refractivity contribution in [3.63, 3.8) is 0 Å². The van der Waals surface area contributed by atoms with E-state index >= 15 is 0 Å². The Kier molecular flexibility index (Phi) is 8.78. The monoisotopic (exact) mass is 465 g/mol. The maximum Gasteiger partial charge on any atom is 0.403 e. The normalized spacial score (nSPS) is 14.5. The number of halogens is 5. The zero-order chi connectivity index (χ0) is 23.2. The van der Waals surface area contributed by atoms with E-state index in [1.807, 2.05) is 0 Å². The molecule has 0 fully saturated rings. The van der Waals surface area contributed by atoms with Gasteiger partial charge in [-0.25, -0.2) is 14.1 Å². The van der Waals surface area contributed by atoms with E-state index in [-0.39, 0.29) is 31.0 Å². The van der Waals surface area contributed by atoms with Crippen LogP contribution < -0.4 is 10.1 Å². The third kappa shape index (κ3) is 6.88. The number of aliphatic hydroxyl groups excluding tert-OH is 1. The third-order valence-electron chi connectivity index (χ3n) is 4.51. The van der Waals surface area contributed by atoms with Gasteiger partial charge in [0.15, 0.2) is 0 Å². The minimum absolute atomic E-state index is 0.00549. The molecule has 0 bridgehead atoms. The van der Waals surface area contributed by atoms with Crippen molar-refractivity contribution in [2.75, 3.05) is 13.2 Å². The zero-order valence-electron chi connectivity index (χ0n) is 17.2. The van der Waals surface area contributed by atoms with E-state index in [1.54, 1.807) is 19.9 Å². The maximum absolute atomic E-state index is 14.7. The highest BCUT2D eigenvalue weighted by Gasteiger charge is 2.35. The Morgan fingerprint density at radius 1 is 1.35 bits per heavy atom. The summed E-state index contributed by atoms with van der Waals surface area (Å²) in [5.41, 5.74) is 0.889. The van der Waals surface area contributed by atoms with Crippen LogP contribution in [0, 0.1) is 12.7 Å². The molecule has 0 aliphatic rings. The van der Waals surface area contributed by atoms with Crippen molar-refractivity contribution in [3.05, 3.63) is 35.4 Å². The Labute approximate surface area is 182 Å². The van der Waals surface area contributed by atoms with Crippen molar-refractivity contribution in [1.82, 2.24) is 20.1 Å². The van der Waals surface area contributed by atoms with Gasteiger partial charge in [-0.15, -0.1) is 0 Å². The largest absolute Gasteiger partial charge is 0.493 e. The lowest BCUT2D eigenvalue weighted by molar-refractivity contribution is -0.152. The van der Waals surface area contributed by atoms with Crippen molar-refractivity contribution in [3.8, 4) is 5.75 Å². The molecule has 2 aromatic rings.